The molecule has 0 saturated carbocycles. The third-order valence-electron chi connectivity index (χ3n) is 2.94. The zero-order valence-corrected chi connectivity index (χ0v) is 15.9. The molecule has 0 spiro atoms. The quantitative estimate of drug-likeness (QED) is 0.455. The predicted octanol–water partition coefficient (Wildman–Crippen LogP) is 3.35. The summed E-state index contributed by atoms with van der Waals surface area (Å²) in [5.74, 6) is 0.683. The van der Waals surface area contributed by atoms with Gasteiger partial charge >= 0.3 is 18.9 Å². The normalized spacial score (nSPS) is 13.3. The maximum Gasteiger partial charge on any atom is 1.00 e. The van der Waals surface area contributed by atoms with Crippen LogP contribution in [0.1, 0.15) is 45.2 Å². The molecule has 1 aromatic rings. The summed E-state index contributed by atoms with van der Waals surface area (Å²) >= 11 is 11.8. The van der Waals surface area contributed by atoms with Gasteiger partial charge in [0.25, 0.3) is 0 Å². The minimum Gasteiger partial charge on any atom is -0.493 e. The van der Waals surface area contributed by atoms with Crippen molar-refractivity contribution in [1.82, 2.24) is 0 Å². The molecule has 0 N–H and O–H groups in total. The first-order valence-corrected chi connectivity index (χ1v) is 8.54. The molecule has 0 bridgehead atoms. The van der Waals surface area contributed by atoms with Gasteiger partial charge in [0.15, 0.2) is 0 Å². The second-order valence-corrected chi connectivity index (χ2v) is 8.69. The van der Waals surface area contributed by atoms with Crippen LogP contribution in [0, 0.1) is 18.3 Å². The van der Waals surface area contributed by atoms with E-state index in [1.807, 2.05) is 12.1 Å². The Bertz CT molecular complexity index is 434. The van der Waals surface area contributed by atoms with E-state index in [-0.39, 0.29) is 18.9 Å². The van der Waals surface area contributed by atoms with Crippen LogP contribution in [0.25, 0.3) is 0 Å². The molecule has 0 aromatic heterocycles. The van der Waals surface area contributed by atoms with Gasteiger partial charge in [-0.05, 0) is 36.0 Å². The first-order valence-electron chi connectivity index (χ1n) is 6.67. The van der Waals surface area contributed by atoms with Crippen molar-refractivity contribution in [2.45, 2.75) is 41.0 Å². The van der Waals surface area contributed by atoms with Gasteiger partial charge in [0.2, 0.25) is 0 Å². The molecular formula is C16H23ClLiPS. The second-order valence-electron chi connectivity index (χ2n) is 6.45. The van der Waals surface area contributed by atoms with Crippen LogP contribution in [-0.2, 0) is 0 Å². The van der Waals surface area contributed by atoms with E-state index < -0.39 is 0 Å². The average molecular weight is 321 g/mol. The molecule has 0 heterocycles. The van der Waals surface area contributed by atoms with Crippen LogP contribution in [0.15, 0.2) is 18.2 Å². The number of benzene rings is 1. The van der Waals surface area contributed by atoms with Crippen LogP contribution in [0.5, 0.6) is 0 Å². The monoisotopic (exact) mass is 320 g/mol. The van der Waals surface area contributed by atoms with Crippen LogP contribution in [0.2, 0.25) is 5.02 Å². The third kappa shape index (κ3) is 7.06. The molecule has 4 heteroatoms. The average Bonchev–Trinajstić information content (AvgIpc) is 2.23. The molecule has 0 fully saturated rings. The molecule has 0 saturated heterocycles. The van der Waals surface area contributed by atoms with E-state index >= 15 is 0 Å². The largest absolute Gasteiger partial charge is 1.00 e. The molecule has 1 rings (SSSR count). The Labute approximate surface area is 148 Å². The van der Waals surface area contributed by atoms with Crippen molar-refractivity contribution in [2.24, 2.45) is 11.3 Å². The number of thiocarbonyl (C=S) groups is 1. The van der Waals surface area contributed by atoms with E-state index in [1.54, 1.807) is 0 Å². The van der Waals surface area contributed by atoms with Crippen LogP contribution in [0.3, 0.4) is 0 Å². The Morgan fingerprint density at radius 1 is 1.35 bits per heavy atom. The third-order valence-corrected chi connectivity index (χ3v) is 5.17. The van der Waals surface area contributed by atoms with Gasteiger partial charge in [-0.1, -0.05) is 57.3 Å². The van der Waals surface area contributed by atoms with Crippen molar-refractivity contribution in [3.8, 4) is 0 Å². The summed E-state index contributed by atoms with van der Waals surface area (Å²) in [7, 11) is 1.22. The fourth-order valence-electron chi connectivity index (χ4n) is 2.33. The van der Waals surface area contributed by atoms with Crippen LogP contribution >= 0.6 is 32.4 Å². The summed E-state index contributed by atoms with van der Waals surface area (Å²) in [5.41, 5.74) is 2.62. The van der Waals surface area contributed by atoms with Gasteiger partial charge in [0.05, 0.1) is 0 Å². The van der Waals surface area contributed by atoms with E-state index in [2.05, 4.69) is 40.7 Å². The van der Waals surface area contributed by atoms with E-state index in [0.717, 1.165) is 21.4 Å². The summed E-state index contributed by atoms with van der Waals surface area (Å²) in [6.07, 6.45) is 2.34. The minimum atomic E-state index is 0. The van der Waals surface area contributed by atoms with Gasteiger partial charge < -0.3 is 8.58 Å². The Morgan fingerprint density at radius 3 is 2.45 bits per heavy atom. The minimum absolute atomic E-state index is 0. The molecule has 0 aliphatic rings. The SMILES string of the molecule is Cc1cccc(Cl)c1C(=S)[P-]CC(C)CC(C)(C)C.[Li+]. The van der Waals surface area contributed by atoms with Gasteiger partial charge in [0.1, 0.15) is 0 Å². The molecule has 0 nitrogen and oxygen atoms in total. The molecule has 1 unspecified atom stereocenters. The zero-order chi connectivity index (χ0) is 14.6. The van der Waals surface area contributed by atoms with E-state index in [4.69, 9.17) is 23.8 Å². The van der Waals surface area contributed by atoms with Crippen LogP contribution < -0.4 is 18.9 Å². The van der Waals surface area contributed by atoms with E-state index in [9.17, 15) is 0 Å². The van der Waals surface area contributed by atoms with Gasteiger partial charge in [-0.25, -0.2) is 0 Å². The standard InChI is InChI=1S/C16H23ClPS.Li/c1-11(9-16(3,4)5)10-18-15(19)14-12(2)7-6-8-13(14)17;/h6-8,11H,9-10H2,1-5H3;/q-1;+1. The Morgan fingerprint density at radius 2 is 1.95 bits per heavy atom. The number of hydrogen-bond donors (Lipinski definition) is 0. The zero-order valence-electron chi connectivity index (χ0n) is 13.5. The molecule has 0 aliphatic carbocycles. The van der Waals surface area contributed by atoms with Crippen LogP contribution in [0.4, 0.5) is 0 Å². The molecule has 0 radical (unpaired) electrons. The predicted molar refractivity (Wildman–Crippen MR) is 92.9 cm³/mol. The molecule has 1 atom stereocenters. The smallest absolute Gasteiger partial charge is 0.493 e. The maximum atomic E-state index is 6.25. The molecule has 20 heavy (non-hydrogen) atoms. The van der Waals surface area contributed by atoms with Gasteiger partial charge in [-0.2, -0.15) is 6.16 Å². The number of hydrogen-bond acceptors (Lipinski definition) is 1. The van der Waals surface area contributed by atoms with Crippen molar-refractivity contribution in [1.29, 1.82) is 0 Å². The summed E-state index contributed by atoms with van der Waals surface area (Å²) in [6.45, 7) is 11.2. The Kier molecular flexibility index (Phi) is 9.20. The number of rotatable bonds is 5. The summed E-state index contributed by atoms with van der Waals surface area (Å²) in [6, 6.07) is 5.97. The first kappa shape index (κ1) is 20.6. The van der Waals surface area contributed by atoms with E-state index in [1.165, 1.54) is 20.6 Å². The summed E-state index contributed by atoms with van der Waals surface area (Å²) < 4.78 is 0.976. The second kappa shape index (κ2) is 8.92. The van der Waals surface area contributed by atoms with Gasteiger partial charge in [-0.15, -0.1) is 16.8 Å². The van der Waals surface area contributed by atoms with Crippen molar-refractivity contribution in [3.05, 3.63) is 34.3 Å². The first-order chi connectivity index (χ1) is 8.70. The van der Waals surface area contributed by atoms with Crippen molar-refractivity contribution < 1.29 is 18.9 Å². The molecule has 0 aliphatic heterocycles. The summed E-state index contributed by atoms with van der Waals surface area (Å²) in [5, 5.41) is 0.779. The topological polar surface area (TPSA) is 0 Å². The Hall–Kier alpha value is 0.627. The molecular weight excluding hydrogens is 298 g/mol. The van der Waals surface area contributed by atoms with Gasteiger partial charge in [-0.3, -0.25) is 0 Å². The van der Waals surface area contributed by atoms with Crippen molar-refractivity contribution in [3.63, 3.8) is 0 Å². The molecule has 106 valence electrons. The maximum absolute atomic E-state index is 6.25. The fourth-order valence-corrected chi connectivity index (χ4v) is 4.32. The van der Waals surface area contributed by atoms with Gasteiger partial charge in [0, 0.05) is 5.02 Å². The summed E-state index contributed by atoms with van der Waals surface area (Å²) in [4.78, 5) is 0. The van der Waals surface area contributed by atoms with Crippen molar-refractivity contribution >= 4 is 37.0 Å². The number of halogens is 1. The molecule has 1 aromatic carbocycles. The van der Waals surface area contributed by atoms with E-state index in [0.29, 0.717) is 11.3 Å². The van der Waals surface area contributed by atoms with Crippen LogP contribution in [-0.4, -0.2) is 10.8 Å². The van der Waals surface area contributed by atoms with Crippen molar-refractivity contribution in [2.75, 3.05) is 6.16 Å². The fraction of sp³-hybridized carbons (Fsp3) is 0.562. The Balaban J connectivity index is 0.00000361. The number of aryl methyl sites for hydroxylation is 1. The molecule has 0 amide bonds.